The Morgan fingerprint density at radius 2 is 1.82 bits per heavy atom. The van der Waals surface area contributed by atoms with Crippen LogP contribution < -0.4 is 0 Å². The molecule has 3 aliphatic carbocycles. The zero-order valence-corrected chi connectivity index (χ0v) is 11.7. The Balaban J connectivity index is 1.45. The van der Waals surface area contributed by atoms with Gasteiger partial charge in [-0.1, -0.05) is 15.9 Å². The molecule has 1 aliphatic heterocycles. The van der Waals surface area contributed by atoms with Gasteiger partial charge in [0.1, 0.15) is 0 Å². The number of likely N-dealkylation sites (tertiary alicyclic amines) is 1. The molecule has 0 aromatic rings. The van der Waals surface area contributed by atoms with Gasteiger partial charge in [0.15, 0.2) is 0 Å². The van der Waals surface area contributed by atoms with Gasteiger partial charge in [-0.05, 0) is 55.8 Å². The van der Waals surface area contributed by atoms with E-state index in [4.69, 9.17) is 0 Å². The summed E-state index contributed by atoms with van der Waals surface area (Å²) in [5, 5.41) is 0. The van der Waals surface area contributed by atoms with Crippen molar-refractivity contribution in [2.24, 2.45) is 29.6 Å². The van der Waals surface area contributed by atoms with Crippen LogP contribution in [0.3, 0.4) is 0 Å². The third kappa shape index (κ3) is 1.54. The first-order valence-corrected chi connectivity index (χ1v) is 8.10. The van der Waals surface area contributed by atoms with Gasteiger partial charge in [-0.3, -0.25) is 4.79 Å². The highest BCUT2D eigenvalue weighted by molar-refractivity contribution is 9.09. The van der Waals surface area contributed by atoms with Crippen molar-refractivity contribution < 1.29 is 4.79 Å². The van der Waals surface area contributed by atoms with Crippen LogP contribution in [0.1, 0.15) is 32.1 Å². The standard InChI is InChI=1S/C14H20BrNO/c15-10-2-1-5-16(7-10)14(17)13-11-8-3-4-9(6-8)12(11)13/h8-13H,1-7H2. The predicted molar refractivity (Wildman–Crippen MR) is 69.8 cm³/mol. The van der Waals surface area contributed by atoms with E-state index in [0.29, 0.717) is 16.7 Å². The molecule has 4 aliphatic rings. The number of amides is 1. The summed E-state index contributed by atoms with van der Waals surface area (Å²) in [6.45, 7) is 1.95. The van der Waals surface area contributed by atoms with Crippen LogP contribution >= 0.6 is 15.9 Å². The molecule has 3 saturated carbocycles. The van der Waals surface area contributed by atoms with Crippen LogP contribution in [0.2, 0.25) is 0 Å². The summed E-state index contributed by atoms with van der Waals surface area (Å²) in [6.07, 6.45) is 6.68. The molecular formula is C14H20BrNO. The molecule has 5 atom stereocenters. The smallest absolute Gasteiger partial charge is 0.226 e. The third-order valence-electron chi connectivity index (χ3n) is 5.70. The summed E-state index contributed by atoms with van der Waals surface area (Å²) in [6, 6.07) is 0. The Hall–Kier alpha value is -0.0500. The fraction of sp³-hybridized carbons (Fsp3) is 0.929. The van der Waals surface area contributed by atoms with Gasteiger partial charge >= 0.3 is 0 Å². The molecule has 94 valence electrons. The van der Waals surface area contributed by atoms with Gasteiger partial charge in [0.2, 0.25) is 5.91 Å². The molecule has 0 N–H and O–H groups in total. The molecule has 2 nitrogen and oxygen atoms in total. The van der Waals surface area contributed by atoms with Crippen molar-refractivity contribution in [3.8, 4) is 0 Å². The van der Waals surface area contributed by atoms with E-state index in [1.54, 1.807) is 0 Å². The Kier molecular flexibility index (Phi) is 2.37. The lowest BCUT2D eigenvalue weighted by molar-refractivity contribution is -0.134. The van der Waals surface area contributed by atoms with Gasteiger partial charge in [0.05, 0.1) is 0 Å². The first kappa shape index (κ1) is 10.8. The van der Waals surface area contributed by atoms with Crippen molar-refractivity contribution in [1.29, 1.82) is 0 Å². The Bertz CT molecular complexity index is 342. The highest BCUT2D eigenvalue weighted by Crippen LogP contribution is 2.69. The molecule has 2 bridgehead atoms. The van der Waals surface area contributed by atoms with Crippen LogP contribution in [0, 0.1) is 29.6 Å². The molecule has 0 aromatic heterocycles. The zero-order valence-electron chi connectivity index (χ0n) is 10.1. The second-order valence-corrected chi connectivity index (χ2v) is 7.83. The Morgan fingerprint density at radius 3 is 2.47 bits per heavy atom. The number of piperidine rings is 1. The maximum Gasteiger partial charge on any atom is 0.226 e. The number of hydrogen-bond acceptors (Lipinski definition) is 1. The van der Waals surface area contributed by atoms with Crippen LogP contribution in [0.5, 0.6) is 0 Å². The number of carbonyl (C=O) groups is 1. The number of nitrogens with zero attached hydrogens (tertiary/aromatic N) is 1. The van der Waals surface area contributed by atoms with E-state index < -0.39 is 0 Å². The molecule has 4 fully saturated rings. The second kappa shape index (κ2) is 3.72. The summed E-state index contributed by atoms with van der Waals surface area (Å²) in [5.74, 6) is 4.39. The maximum absolute atomic E-state index is 12.5. The molecule has 4 rings (SSSR count). The van der Waals surface area contributed by atoms with Gasteiger partial charge in [0.25, 0.3) is 0 Å². The Morgan fingerprint density at radius 1 is 1.12 bits per heavy atom. The third-order valence-corrected chi connectivity index (χ3v) is 6.44. The lowest BCUT2D eigenvalue weighted by Gasteiger charge is -2.31. The topological polar surface area (TPSA) is 20.3 Å². The van der Waals surface area contributed by atoms with Crippen molar-refractivity contribution in [3.63, 3.8) is 0 Å². The van der Waals surface area contributed by atoms with Gasteiger partial charge in [0, 0.05) is 23.8 Å². The number of fused-ring (bicyclic) bond motifs is 5. The molecule has 1 saturated heterocycles. The Labute approximate surface area is 111 Å². The second-order valence-electron chi connectivity index (χ2n) is 6.54. The fourth-order valence-corrected chi connectivity index (χ4v) is 5.66. The van der Waals surface area contributed by atoms with Gasteiger partial charge in [-0.2, -0.15) is 0 Å². The van der Waals surface area contributed by atoms with Crippen LogP contribution in [0.4, 0.5) is 0 Å². The van der Waals surface area contributed by atoms with Crippen molar-refractivity contribution in [2.45, 2.75) is 36.9 Å². The molecule has 1 amide bonds. The first-order chi connectivity index (χ1) is 8.25. The van der Waals surface area contributed by atoms with Gasteiger partial charge in [-0.25, -0.2) is 0 Å². The normalized spacial score (nSPS) is 51.5. The quantitative estimate of drug-likeness (QED) is 0.682. The first-order valence-electron chi connectivity index (χ1n) is 7.18. The molecule has 1 heterocycles. The summed E-state index contributed by atoms with van der Waals surface area (Å²) in [7, 11) is 0. The average molecular weight is 298 g/mol. The van der Waals surface area contributed by atoms with Crippen LogP contribution in [0.25, 0.3) is 0 Å². The lowest BCUT2D eigenvalue weighted by atomic mass is 10.0. The van der Waals surface area contributed by atoms with Gasteiger partial charge < -0.3 is 4.90 Å². The number of alkyl halides is 1. The summed E-state index contributed by atoms with van der Waals surface area (Å²) >= 11 is 3.67. The largest absolute Gasteiger partial charge is 0.341 e. The number of rotatable bonds is 1. The van der Waals surface area contributed by atoms with E-state index in [2.05, 4.69) is 20.8 Å². The van der Waals surface area contributed by atoms with Crippen molar-refractivity contribution in [1.82, 2.24) is 4.90 Å². The van der Waals surface area contributed by atoms with Crippen LogP contribution in [0.15, 0.2) is 0 Å². The summed E-state index contributed by atoms with van der Waals surface area (Å²) in [4.78, 5) is 15.2. The van der Waals surface area contributed by atoms with Crippen LogP contribution in [-0.2, 0) is 4.79 Å². The minimum atomic E-state index is 0.444. The fourth-order valence-electron chi connectivity index (χ4n) is 4.99. The summed E-state index contributed by atoms with van der Waals surface area (Å²) < 4.78 is 0. The minimum absolute atomic E-state index is 0.444. The monoisotopic (exact) mass is 297 g/mol. The zero-order chi connectivity index (χ0) is 11.6. The van der Waals surface area contributed by atoms with Crippen molar-refractivity contribution >= 4 is 21.8 Å². The van der Waals surface area contributed by atoms with E-state index >= 15 is 0 Å². The van der Waals surface area contributed by atoms with E-state index in [-0.39, 0.29) is 0 Å². The van der Waals surface area contributed by atoms with E-state index in [0.717, 1.165) is 36.8 Å². The lowest BCUT2D eigenvalue weighted by Crippen LogP contribution is -2.41. The van der Waals surface area contributed by atoms with Gasteiger partial charge in [-0.15, -0.1) is 0 Å². The number of carbonyl (C=O) groups excluding carboxylic acids is 1. The van der Waals surface area contributed by atoms with E-state index in [1.807, 2.05) is 0 Å². The average Bonchev–Trinajstić information content (AvgIpc) is 2.76. The highest BCUT2D eigenvalue weighted by Gasteiger charge is 2.67. The van der Waals surface area contributed by atoms with E-state index in [9.17, 15) is 4.79 Å². The molecule has 3 heteroatoms. The number of halogens is 1. The summed E-state index contributed by atoms with van der Waals surface area (Å²) in [5.41, 5.74) is 0. The SMILES string of the molecule is O=C(C1C2C3CCC(C3)C12)N1CCCC(Br)C1. The van der Waals surface area contributed by atoms with E-state index in [1.165, 1.54) is 32.1 Å². The van der Waals surface area contributed by atoms with Crippen molar-refractivity contribution in [3.05, 3.63) is 0 Å². The molecule has 17 heavy (non-hydrogen) atoms. The van der Waals surface area contributed by atoms with Crippen LogP contribution in [-0.4, -0.2) is 28.7 Å². The molecule has 0 aromatic carbocycles. The maximum atomic E-state index is 12.5. The molecular weight excluding hydrogens is 278 g/mol. The number of hydrogen-bond donors (Lipinski definition) is 0. The predicted octanol–water partition coefficient (Wildman–Crippen LogP) is 2.66. The minimum Gasteiger partial charge on any atom is -0.341 e. The molecule has 0 spiro atoms. The van der Waals surface area contributed by atoms with Crippen molar-refractivity contribution in [2.75, 3.05) is 13.1 Å². The molecule has 0 radical (unpaired) electrons. The highest BCUT2D eigenvalue weighted by atomic mass is 79.9. The molecule has 5 unspecified atom stereocenters.